The molecule has 0 unspecified atom stereocenters. The molecule has 0 saturated heterocycles. The molecule has 25 heavy (non-hydrogen) atoms. The Kier molecular flexibility index (Phi) is 3.77. The highest BCUT2D eigenvalue weighted by Gasteiger charge is 2.12. The summed E-state index contributed by atoms with van der Waals surface area (Å²) >= 11 is 1.49. The predicted molar refractivity (Wildman–Crippen MR) is 98.7 cm³/mol. The highest BCUT2D eigenvalue weighted by atomic mass is 32.1. The van der Waals surface area contributed by atoms with Gasteiger partial charge in [-0.1, -0.05) is 31.2 Å². The first-order valence-corrected chi connectivity index (χ1v) is 8.64. The number of thiophene rings is 1. The van der Waals surface area contributed by atoms with E-state index in [1.54, 1.807) is 6.07 Å². The van der Waals surface area contributed by atoms with Crippen LogP contribution in [0, 0.1) is 0 Å². The minimum absolute atomic E-state index is 0.241. The Morgan fingerprint density at radius 3 is 2.92 bits per heavy atom. The van der Waals surface area contributed by atoms with E-state index in [4.69, 9.17) is 0 Å². The minimum atomic E-state index is -0.458. The molecule has 0 radical (unpaired) electrons. The lowest BCUT2D eigenvalue weighted by Crippen LogP contribution is -2.33. The van der Waals surface area contributed by atoms with Gasteiger partial charge in [0.15, 0.2) is 0 Å². The van der Waals surface area contributed by atoms with E-state index in [-0.39, 0.29) is 11.3 Å². The molecular formula is C18H14N4O2S. The van der Waals surface area contributed by atoms with Gasteiger partial charge in [0, 0.05) is 10.3 Å². The predicted octanol–water partition coefficient (Wildman–Crippen LogP) is 2.95. The number of pyridine rings is 1. The number of hydrogen-bond acceptors (Lipinski definition) is 5. The van der Waals surface area contributed by atoms with Gasteiger partial charge in [-0.25, -0.2) is 14.6 Å². The molecule has 0 atom stereocenters. The molecule has 4 aromatic rings. The summed E-state index contributed by atoms with van der Waals surface area (Å²) in [5, 5.41) is 1.46. The minimum Gasteiger partial charge on any atom is -0.267 e. The topological polar surface area (TPSA) is 76.9 Å². The molecule has 0 aliphatic carbocycles. The maximum Gasteiger partial charge on any atom is 0.288 e. The van der Waals surface area contributed by atoms with Crippen molar-refractivity contribution in [3.8, 4) is 0 Å². The lowest BCUT2D eigenvalue weighted by atomic mass is 10.2. The summed E-state index contributed by atoms with van der Waals surface area (Å²) in [6.45, 7) is 2.02. The van der Waals surface area contributed by atoms with Crippen LogP contribution in [0.15, 0.2) is 53.6 Å². The van der Waals surface area contributed by atoms with Crippen LogP contribution in [0.4, 0.5) is 0 Å². The van der Waals surface area contributed by atoms with E-state index in [2.05, 4.69) is 15.4 Å². The first-order chi connectivity index (χ1) is 12.2. The molecule has 0 aliphatic heterocycles. The highest BCUT2D eigenvalue weighted by molar-refractivity contribution is 7.18. The first kappa shape index (κ1) is 15.5. The SMILES string of the molecule is CCc1cc2c(=O)n(NC(=O)c3ccc4ccccc4n3)cnc2s1. The van der Waals surface area contributed by atoms with E-state index in [0.717, 1.165) is 26.9 Å². The van der Waals surface area contributed by atoms with Crippen LogP contribution in [-0.2, 0) is 6.42 Å². The van der Waals surface area contributed by atoms with E-state index in [1.165, 1.54) is 17.7 Å². The quantitative estimate of drug-likeness (QED) is 0.616. The molecule has 0 saturated carbocycles. The first-order valence-electron chi connectivity index (χ1n) is 7.83. The van der Waals surface area contributed by atoms with Crippen LogP contribution in [0.3, 0.4) is 0 Å². The van der Waals surface area contributed by atoms with Gasteiger partial charge in [0.05, 0.1) is 10.9 Å². The van der Waals surface area contributed by atoms with E-state index in [9.17, 15) is 9.59 Å². The fourth-order valence-corrected chi connectivity index (χ4v) is 3.51. The molecule has 124 valence electrons. The molecule has 1 N–H and O–H groups in total. The Morgan fingerprint density at radius 2 is 2.08 bits per heavy atom. The Balaban J connectivity index is 1.68. The Bertz CT molecular complexity index is 1160. The van der Waals surface area contributed by atoms with Crippen LogP contribution in [0.1, 0.15) is 22.3 Å². The number of aromatic nitrogens is 3. The van der Waals surface area contributed by atoms with Crippen LogP contribution in [-0.4, -0.2) is 20.6 Å². The molecule has 1 aromatic carbocycles. The Labute approximate surface area is 146 Å². The fourth-order valence-electron chi connectivity index (χ4n) is 2.59. The summed E-state index contributed by atoms with van der Waals surface area (Å²) in [6, 6.07) is 12.8. The number of carbonyl (C=O) groups excluding carboxylic acids is 1. The number of nitrogens with zero attached hydrogens (tertiary/aromatic N) is 3. The third kappa shape index (κ3) is 2.78. The summed E-state index contributed by atoms with van der Waals surface area (Å²) in [6.07, 6.45) is 2.17. The number of hydrogen-bond donors (Lipinski definition) is 1. The fraction of sp³-hybridized carbons (Fsp3) is 0.111. The normalized spacial score (nSPS) is 11.1. The van der Waals surface area contributed by atoms with Gasteiger partial charge in [-0.2, -0.15) is 0 Å². The smallest absolute Gasteiger partial charge is 0.267 e. The second-order valence-electron chi connectivity index (χ2n) is 5.53. The molecule has 3 aromatic heterocycles. The zero-order valence-electron chi connectivity index (χ0n) is 13.4. The molecular weight excluding hydrogens is 336 g/mol. The average molecular weight is 350 g/mol. The standard InChI is InChI=1S/C18H14N4O2S/c1-2-12-9-13-17(25-12)19-10-22(18(13)24)21-16(23)15-8-7-11-5-3-4-6-14(11)20-15/h3-10H,2H2,1H3,(H,21,23). The van der Waals surface area contributed by atoms with Crippen molar-refractivity contribution < 1.29 is 4.79 Å². The molecule has 3 heterocycles. The number of fused-ring (bicyclic) bond motifs is 2. The number of aryl methyl sites for hydroxylation is 1. The summed E-state index contributed by atoms with van der Waals surface area (Å²) in [5.41, 5.74) is 3.22. The average Bonchev–Trinajstić information content (AvgIpc) is 3.08. The number of carbonyl (C=O) groups is 1. The number of para-hydroxylation sites is 1. The largest absolute Gasteiger partial charge is 0.288 e. The van der Waals surface area contributed by atoms with E-state index < -0.39 is 5.91 Å². The Morgan fingerprint density at radius 1 is 1.24 bits per heavy atom. The van der Waals surface area contributed by atoms with E-state index >= 15 is 0 Å². The van der Waals surface area contributed by atoms with Gasteiger partial charge < -0.3 is 0 Å². The van der Waals surface area contributed by atoms with Gasteiger partial charge in [-0.05, 0) is 24.6 Å². The summed E-state index contributed by atoms with van der Waals surface area (Å²) < 4.78 is 1.10. The van der Waals surface area contributed by atoms with Crippen molar-refractivity contribution in [1.82, 2.24) is 14.6 Å². The van der Waals surface area contributed by atoms with Gasteiger partial charge >= 0.3 is 0 Å². The molecule has 0 bridgehead atoms. The van der Waals surface area contributed by atoms with Crippen molar-refractivity contribution in [2.75, 3.05) is 5.43 Å². The summed E-state index contributed by atoms with van der Waals surface area (Å²) in [5.74, 6) is -0.458. The molecule has 6 nitrogen and oxygen atoms in total. The lowest BCUT2D eigenvalue weighted by Gasteiger charge is -2.07. The third-order valence-electron chi connectivity index (χ3n) is 3.90. The van der Waals surface area contributed by atoms with E-state index in [0.29, 0.717) is 10.2 Å². The van der Waals surface area contributed by atoms with Gasteiger partial charge in [-0.3, -0.25) is 15.0 Å². The summed E-state index contributed by atoms with van der Waals surface area (Å²) in [4.78, 5) is 35.3. The van der Waals surface area contributed by atoms with Crippen LogP contribution in [0.5, 0.6) is 0 Å². The van der Waals surface area contributed by atoms with Crippen molar-refractivity contribution in [2.45, 2.75) is 13.3 Å². The monoisotopic (exact) mass is 350 g/mol. The highest BCUT2D eigenvalue weighted by Crippen LogP contribution is 2.20. The zero-order valence-corrected chi connectivity index (χ0v) is 14.2. The van der Waals surface area contributed by atoms with Crippen molar-refractivity contribution in [2.24, 2.45) is 0 Å². The van der Waals surface area contributed by atoms with Crippen molar-refractivity contribution in [1.29, 1.82) is 0 Å². The Hall–Kier alpha value is -3.06. The van der Waals surface area contributed by atoms with Gasteiger partial charge in [0.25, 0.3) is 11.5 Å². The molecule has 1 amide bonds. The molecule has 4 rings (SSSR count). The third-order valence-corrected chi connectivity index (χ3v) is 5.09. The van der Waals surface area contributed by atoms with Gasteiger partial charge in [0.2, 0.25) is 0 Å². The maximum atomic E-state index is 12.5. The second-order valence-corrected chi connectivity index (χ2v) is 6.65. The number of nitrogens with one attached hydrogen (secondary N) is 1. The lowest BCUT2D eigenvalue weighted by molar-refractivity contribution is 0.100. The van der Waals surface area contributed by atoms with Gasteiger partial charge in [-0.15, -0.1) is 11.3 Å². The van der Waals surface area contributed by atoms with Gasteiger partial charge in [0.1, 0.15) is 16.9 Å². The van der Waals surface area contributed by atoms with Crippen LogP contribution >= 0.6 is 11.3 Å². The van der Waals surface area contributed by atoms with Crippen LogP contribution in [0.25, 0.3) is 21.1 Å². The van der Waals surface area contributed by atoms with Crippen molar-refractivity contribution in [3.05, 3.63) is 69.7 Å². The molecule has 0 aliphatic rings. The molecule has 0 spiro atoms. The van der Waals surface area contributed by atoms with Crippen molar-refractivity contribution >= 4 is 38.4 Å². The molecule has 0 fully saturated rings. The zero-order chi connectivity index (χ0) is 17.4. The van der Waals surface area contributed by atoms with Crippen molar-refractivity contribution in [3.63, 3.8) is 0 Å². The summed E-state index contributed by atoms with van der Waals surface area (Å²) in [7, 11) is 0. The van der Waals surface area contributed by atoms with E-state index in [1.807, 2.05) is 43.3 Å². The van der Waals surface area contributed by atoms with Crippen LogP contribution < -0.4 is 11.0 Å². The molecule has 7 heteroatoms. The number of amides is 1. The maximum absolute atomic E-state index is 12.5. The number of benzene rings is 1. The second kappa shape index (κ2) is 6.10. The number of rotatable bonds is 3. The van der Waals surface area contributed by atoms with Crippen LogP contribution in [0.2, 0.25) is 0 Å².